The van der Waals surface area contributed by atoms with Crippen LogP contribution in [0.1, 0.15) is 40.9 Å². The van der Waals surface area contributed by atoms with Crippen LogP contribution in [-0.2, 0) is 9.53 Å². The molecule has 0 aromatic heterocycles. The molecule has 0 bridgehead atoms. The van der Waals surface area contributed by atoms with E-state index in [1.807, 2.05) is 50.2 Å². The van der Waals surface area contributed by atoms with Gasteiger partial charge < -0.3 is 10.1 Å². The van der Waals surface area contributed by atoms with Crippen molar-refractivity contribution in [3.8, 4) is 0 Å². The van der Waals surface area contributed by atoms with E-state index in [1.54, 1.807) is 12.1 Å². The van der Waals surface area contributed by atoms with Gasteiger partial charge in [-0.1, -0.05) is 53.2 Å². The lowest BCUT2D eigenvalue weighted by molar-refractivity contribution is -0.125. The molecule has 0 unspecified atom stereocenters. The molecule has 24 heavy (non-hydrogen) atoms. The van der Waals surface area contributed by atoms with Crippen LogP contribution < -0.4 is 5.32 Å². The molecule has 1 amide bonds. The highest BCUT2D eigenvalue weighted by atomic mass is 79.9. The Kier molecular flexibility index (Phi) is 6.55. The Morgan fingerprint density at radius 2 is 1.79 bits per heavy atom. The van der Waals surface area contributed by atoms with Crippen LogP contribution >= 0.6 is 15.9 Å². The van der Waals surface area contributed by atoms with Crippen molar-refractivity contribution in [2.24, 2.45) is 0 Å². The quantitative estimate of drug-likeness (QED) is 0.753. The molecule has 0 saturated carbocycles. The lowest BCUT2D eigenvalue weighted by Gasteiger charge is -2.17. The Morgan fingerprint density at radius 1 is 1.12 bits per heavy atom. The van der Waals surface area contributed by atoms with Crippen molar-refractivity contribution in [3.05, 3.63) is 69.7 Å². The van der Waals surface area contributed by atoms with Crippen LogP contribution in [0.2, 0.25) is 0 Å². The number of halogens is 1. The van der Waals surface area contributed by atoms with E-state index in [0.29, 0.717) is 5.56 Å². The van der Waals surface area contributed by atoms with E-state index in [9.17, 15) is 9.59 Å². The van der Waals surface area contributed by atoms with Crippen molar-refractivity contribution >= 4 is 27.8 Å². The predicted molar refractivity (Wildman–Crippen MR) is 96.8 cm³/mol. The third kappa shape index (κ3) is 4.93. The molecule has 0 fully saturated rings. The van der Waals surface area contributed by atoms with Gasteiger partial charge in [-0.25, -0.2) is 4.79 Å². The summed E-state index contributed by atoms with van der Waals surface area (Å²) >= 11 is 3.39. The van der Waals surface area contributed by atoms with Crippen LogP contribution in [0.3, 0.4) is 0 Å². The average molecular weight is 390 g/mol. The second kappa shape index (κ2) is 8.64. The van der Waals surface area contributed by atoms with Crippen LogP contribution in [0.5, 0.6) is 0 Å². The van der Waals surface area contributed by atoms with Crippen molar-refractivity contribution in [1.29, 1.82) is 0 Å². The molecule has 126 valence electrons. The summed E-state index contributed by atoms with van der Waals surface area (Å²) < 4.78 is 6.10. The molecule has 0 aliphatic heterocycles. The van der Waals surface area contributed by atoms with E-state index in [-0.39, 0.29) is 18.6 Å². The first-order chi connectivity index (χ1) is 11.5. The van der Waals surface area contributed by atoms with Gasteiger partial charge in [0.1, 0.15) is 0 Å². The lowest BCUT2D eigenvalue weighted by Crippen LogP contribution is -2.32. The summed E-state index contributed by atoms with van der Waals surface area (Å²) in [5.41, 5.74) is 2.31. The Morgan fingerprint density at radius 3 is 2.42 bits per heavy atom. The molecular weight excluding hydrogens is 370 g/mol. The summed E-state index contributed by atoms with van der Waals surface area (Å²) in [6.45, 7) is 3.53. The van der Waals surface area contributed by atoms with Crippen molar-refractivity contribution in [2.75, 3.05) is 6.61 Å². The topological polar surface area (TPSA) is 55.4 Å². The minimum absolute atomic E-state index is 0.109. The van der Waals surface area contributed by atoms with Crippen LogP contribution in [0, 0.1) is 6.92 Å². The SMILES string of the molecule is CC[C@H](NC(=O)COC(=O)c1ccccc1C)c1ccc(Br)cc1. The van der Waals surface area contributed by atoms with Gasteiger partial charge in [0, 0.05) is 4.47 Å². The second-order valence-corrected chi connectivity index (χ2v) is 6.39. The van der Waals surface area contributed by atoms with Gasteiger partial charge >= 0.3 is 5.97 Å². The van der Waals surface area contributed by atoms with Crippen LogP contribution in [-0.4, -0.2) is 18.5 Å². The minimum atomic E-state index is -0.486. The van der Waals surface area contributed by atoms with E-state index in [0.717, 1.165) is 22.0 Å². The van der Waals surface area contributed by atoms with Gasteiger partial charge in [-0.3, -0.25) is 4.79 Å². The summed E-state index contributed by atoms with van der Waals surface area (Å²) in [7, 11) is 0. The zero-order valence-electron chi connectivity index (χ0n) is 13.7. The zero-order chi connectivity index (χ0) is 17.5. The molecule has 2 aromatic carbocycles. The molecule has 0 aliphatic rings. The summed E-state index contributed by atoms with van der Waals surface area (Å²) in [5, 5.41) is 2.89. The number of hydrogen-bond donors (Lipinski definition) is 1. The van der Waals surface area contributed by atoms with Crippen molar-refractivity contribution < 1.29 is 14.3 Å². The molecule has 0 aliphatic carbocycles. The molecule has 4 nitrogen and oxygen atoms in total. The standard InChI is InChI=1S/C19H20BrNO3/c1-3-17(14-8-10-15(20)11-9-14)21-18(22)12-24-19(23)16-7-5-4-6-13(16)2/h4-11,17H,3,12H2,1-2H3,(H,21,22)/t17-/m0/s1. The van der Waals surface area contributed by atoms with Crippen LogP contribution in [0.25, 0.3) is 0 Å². The van der Waals surface area contributed by atoms with Gasteiger partial charge in [-0.05, 0) is 42.7 Å². The summed E-state index contributed by atoms with van der Waals surface area (Å²) in [6.07, 6.45) is 0.749. The number of benzene rings is 2. The normalized spacial score (nSPS) is 11.6. The maximum Gasteiger partial charge on any atom is 0.338 e. The van der Waals surface area contributed by atoms with Crippen LogP contribution in [0.4, 0.5) is 0 Å². The molecule has 1 atom stereocenters. The number of carbonyl (C=O) groups is 2. The molecule has 0 saturated heterocycles. The first-order valence-corrected chi connectivity index (χ1v) is 8.58. The van der Waals surface area contributed by atoms with E-state index in [1.165, 1.54) is 0 Å². The highest BCUT2D eigenvalue weighted by molar-refractivity contribution is 9.10. The fraction of sp³-hybridized carbons (Fsp3) is 0.263. The molecule has 2 aromatic rings. The number of esters is 1. The average Bonchev–Trinajstić information content (AvgIpc) is 2.59. The number of aryl methyl sites for hydroxylation is 1. The van der Waals surface area contributed by atoms with E-state index >= 15 is 0 Å². The van der Waals surface area contributed by atoms with Gasteiger partial charge in [-0.2, -0.15) is 0 Å². The zero-order valence-corrected chi connectivity index (χ0v) is 15.3. The van der Waals surface area contributed by atoms with Crippen molar-refractivity contribution in [3.63, 3.8) is 0 Å². The van der Waals surface area contributed by atoms with E-state index < -0.39 is 5.97 Å². The number of amides is 1. The predicted octanol–water partition coefficient (Wildman–Crippen LogP) is 4.18. The monoisotopic (exact) mass is 389 g/mol. The molecule has 1 N–H and O–H groups in total. The maximum atomic E-state index is 12.1. The highest BCUT2D eigenvalue weighted by Gasteiger charge is 2.15. The lowest BCUT2D eigenvalue weighted by atomic mass is 10.0. The maximum absolute atomic E-state index is 12.1. The van der Waals surface area contributed by atoms with Crippen LogP contribution in [0.15, 0.2) is 53.0 Å². The minimum Gasteiger partial charge on any atom is -0.452 e. The first-order valence-electron chi connectivity index (χ1n) is 7.79. The third-order valence-electron chi connectivity index (χ3n) is 3.72. The Bertz CT molecular complexity index is 713. The molecule has 2 rings (SSSR count). The Balaban J connectivity index is 1.91. The molecule has 0 radical (unpaired) electrons. The van der Waals surface area contributed by atoms with Gasteiger partial charge in [0.25, 0.3) is 5.91 Å². The van der Waals surface area contributed by atoms with Crippen molar-refractivity contribution in [1.82, 2.24) is 5.32 Å². The van der Waals surface area contributed by atoms with Gasteiger partial charge in [0.15, 0.2) is 6.61 Å². The number of hydrogen-bond acceptors (Lipinski definition) is 3. The van der Waals surface area contributed by atoms with Gasteiger partial charge in [0.2, 0.25) is 0 Å². The number of ether oxygens (including phenoxy) is 1. The Hall–Kier alpha value is -2.14. The van der Waals surface area contributed by atoms with E-state index in [4.69, 9.17) is 4.74 Å². The smallest absolute Gasteiger partial charge is 0.338 e. The second-order valence-electron chi connectivity index (χ2n) is 5.47. The molecular formula is C19H20BrNO3. The molecule has 0 heterocycles. The van der Waals surface area contributed by atoms with Gasteiger partial charge in [0.05, 0.1) is 11.6 Å². The summed E-state index contributed by atoms with van der Waals surface area (Å²) in [4.78, 5) is 24.1. The first kappa shape index (κ1) is 18.2. The summed E-state index contributed by atoms with van der Waals surface area (Å²) in [5.74, 6) is -0.799. The molecule has 0 spiro atoms. The highest BCUT2D eigenvalue weighted by Crippen LogP contribution is 2.19. The largest absolute Gasteiger partial charge is 0.452 e. The summed E-state index contributed by atoms with van der Waals surface area (Å²) in [6, 6.07) is 14.8. The third-order valence-corrected chi connectivity index (χ3v) is 4.24. The fourth-order valence-electron chi connectivity index (χ4n) is 2.36. The van der Waals surface area contributed by atoms with Crippen molar-refractivity contribution in [2.45, 2.75) is 26.3 Å². The fourth-order valence-corrected chi connectivity index (χ4v) is 2.63. The van der Waals surface area contributed by atoms with E-state index in [2.05, 4.69) is 21.2 Å². The molecule has 5 heteroatoms. The number of nitrogens with one attached hydrogen (secondary N) is 1. The van der Waals surface area contributed by atoms with Gasteiger partial charge in [-0.15, -0.1) is 0 Å². The number of rotatable bonds is 6. The number of carbonyl (C=O) groups excluding carboxylic acids is 2. The Labute approximate surface area is 150 Å².